The first-order chi connectivity index (χ1) is 11.6. The number of rotatable bonds is 5. The molecule has 0 fully saturated rings. The van der Waals surface area contributed by atoms with Crippen molar-refractivity contribution in [3.63, 3.8) is 0 Å². The summed E-state index contributed by atoms with van der Waals surface area (Å²) in [6.07, 6.45) is 1.06. The number of nitrogens with zero attached hydrogens (tertiary/aromatic N) is 3. The zero-order chi connectivity index (χ0) is 16.9. The molecule has 0 aliphatic heterocycles. The van der Waals surface area contributed by atoms with E-state index in [2.05, 4.69) is 15.3 Å². The van der Waals surface area contributed by atoms with Crippen molar-refractivity contribution in [3.05, 3.63) is 76.2 Å². The fraction of sp³-hybridized carbons (Fsp3) is 0. The van der Waals surface area contributed by atoms with Gasteiger partial charge in [-0.3, -0.25) is 10.1 Å². The summed E-state index contributed by atoms with van der Waals surface area (Å²) in [7, 11) is 0. The molecular formula is C16H11ClN4O3. The molecule has 0 spiro atoms. The topological polar surface area (TPSA) is 90.2 Å². The van der Waals surface area contributed by atoms with Crippen molar-refractivity contribution in [2.45, 2.75) is 0 Å². The van der Waals surface area contributed by atoms with Crippen molar-refractivity contribution in [1.82, 2.24) is 9.97 Å². The fourth-order valence-electron chi connectivity index (χ4n) is 1.95. The second kappa shape index (κ2) is 6.93. The van der Waals surface area contributed by atoms with Gasteiger partial charge >= 0.3 is 5.69 Å². The van der Waals surface area contributed by atoms with Crippen molar-refractivity contribution in [2.75, 3.05) is 5.32 Å². The number of benzene rings is 2. The van der Waals surface area contributed by atoms with E-state index in [1.807, 2.05) is 30.3 Å². The van der Waals surface area contributed by atoms with Crippen LogP contribution in [0.3, 0.4) is 0 Å². The van der Waals surface area contributed by atoms with Crippen LogP contribution < -0.4 is 10.1 Å². The Balaban J connectivity index is 1.77. The maximum Gasteiger partial charge on any atom is 0.329 e. The first-order valence-electron chi connectivity index (χ1n) is 6.89. The summed E-state index contributed by atoms with van der Waals surface area (Å²) in [5, 5.41) is 13.8. The van der Waals surface area contributed by atoms with Crippen molar-refractivity contribution >= 4 is 28.8 Å². The molecule has 1 heterocycles. The highest BCUT2D eigenvalue weighted by atomic mass is 35.5. The van der Waals surface area contributed by atoms with Gasteiger partial charge < -0.3 is 10.1 Å². The number of anilines is 2. The molecule has 0 aliphatic rings. The Morgan fingerprint density at radius 1 is 1.04 bits per heavy atom. The van der Waals surface area contributed by atoms with Crippen LogP contribution in [0, 0.1) is 10.1 Å². The number of hydrogen-bond acceptors (Lipinski definition) is 6. The SMILES string of the molecule is O=[N+]([O-])c1cnc(Cl)nc1Nc1ccc(Oc2ccccc2)cc1. The molecule has 120 valence electrons. The minimum atomic E-state index is -0.578. The van der Waals surface area contributed by atoms with E-state index in [1.165, 1.54) is 0 Å². The number of nitrogens with one attached hydrogen (secondary N) is 1. The molecule has 0 radical (unpaired) electrons. The van der Waals surface area contributed by atoms with Crippen molar-refractivity contribution < 1.29 is 9.66 Å². The predicted octanol–water partition coefficient (Wildman–Crippen LogP) is 4.57. The molecule has 8 heteroatoms. The lowest BCUT2D eigenvalue weighted by molar-refractivity contribution is -0.384. The van der Waals surface area contributed by atoms with Gasteiger partial charge in [0.15, 0.2) is 0 Å². The van der Waals surface area contributed by atoms with Gasteiger partial charge in [-0.1, -0.05) is 18.2 Å². The molecule has 1 aromatic heterocycles. The quantitative estimate of drug-likeness (QED) is 0.415. The lowest BCUT2D eigenvalue weighted by Crippen LogP contribution is -2.01. The van der Waals surface area contributed by atoms with Gasteiger partial charge in [0.2, 0.25) is 11.1 Å². The first kappa shape index (κ1) is 15.7. The largest absolute Gasteiger partial charge is 0.457 e. The molecule has 0 saturated carbocycles. The van der Waals surface area contributed by atoms with Gasteiger partial charge in [-0.15, -0.1) is 0 Å². The third-order valence-electron chi connectivity index (χ3n) is 3.03. The second-order valence-corrected chi connectivity index (χ2v) is 5.03. The number of halogens is 1. The van der Waals surface area contributed by atoms with Crippen molar-refractivity contribution in [3.8, 4) is 11.5 Å². The lowest BCUT2D eigenvalue weighted by atomic mass is 10.3. The fourth-order valence-corrected chi connectivity index (χ4v) is 2.08. The van der Waals surface area contributed by atoms with E-state index in [0.717, 1.165) is 11.9 Å². The van der Waals surface area contributed by atoms with Gasteiger partial charge in [0, 0.05) is 5.69 Å². The van der Waals surface area contributed by atoms with E-state index in [1.54, 1.807) is 24.3 Å². The molecule has 0 unspecified atom stereocenters. The molecule has 7 nitrogen and oxygen atoms in total. The normalized spacial score (nSPS) is 10.2. The highest BCUT2D eigenvalue weighted by Gasteiger charge is 2.17. The van der Waals surface area contributed by atoms with Crippen LogP contribution in [0.1, 0.15) is 0 Å². The van der Waals surface area contributed by atoms with Crippen molar-refractivity contribution in [1.29, 1.82) is 0 Å². The standard InChI is InChI=1S/C16H11ClN4O3/c17-16-18-10-14(21(22)23)15(20-16)19-11-6-8-13(9-7-11)24-12-4-2-1-3-5-12/h1-10H,(H,18,19,20). The second-order valence-electron chi connectivity index (χ2n) is 4.69. The smallest absolute Gasteiger partial charge is 0.329 e. The first-order valence-corrected chi connectivity index (χ1v) is 7.26. The Morgan fingerprint density at radius 3 is 2.38 bits per heavy atom. The number of nitro groups is 1. The Kier molecular flexibility index (Phi) is 4.53. The van der Waals surface area contributed by atoms with Crippen molar-refractivity contribution in [2.24, 2.45) is 0 Å². The van der Waals surface area contributed by atoms with E-state index < -0.39 is 4.92 Å². The van der Waals surface area contributed by atoms with Gasteiger partial charge in [0.1, 0.15) is 17.7 Å². The molecule has 2 aromatic carbocycles. The minimum Gasteiger partial charge on any atom is -0.457 e. The summed E-state index contributed by atoms with van der Waals surface area (Å²) in [6.45, 7) is 0. The zero-order valence-corrected chi connectivity index (χ0v) is 13.0. The average Bonchev–Trinajstić information content (AvgIpc) is 2.57. The number of para-hydroxylation sites is 1. The maximum absolute atomic E-state index is 11.0. The van der Waals surface area contributed by atoms with Crippen LogP contribution in [-0.2, 0) is 0 Å². The predicted molar refractivity (Wildman–Crippen MR) is 89.9 cm³/mol. The number of hydrogen-bond donors (Lipinski definition) is 1. The van der Waals surface area contributed by atoms with Crippen LogP contribution in [0.25, 0.3) is 0 Å². The summed E-state index contributed by atoms with van der Waals surface area (Å²) in [6, 6.07) is 16.3. The Labute approximate surface area is 142 Å². The monoisotopic (exact) mass is 342 g/mol. The Bertz CT molecular complexity index is 857. The van der Waals surface area contributed by atoms with E-state index in [4.69, 9.17) is 16.3 Å². The summed E-state index contributed by atoms with van der Waals surface area (Å²) < 4.78 is 5.68. The highest BCUT2D eigenvalue weighted by Crippen LogP contribution is 2.28. The van der Waals surface area contributed by atoms with E-state index >= 15 is 0 Å². The van der Waals surface area contributed by atoms with Crippen LogP contribution >= 0.6 is 11.6 Å². The minimum absolute atomic E-state index is 0.0247. The average molecular weight is 343 g/mol. The van der Waals surface area contributed by atoms with Gasteiger partial charge in [-0.2, -0.15) is 4.98 Å². The summed E-state index contributed by atoms with van der Waals surface area (Å²) in [5.74, 6) is 1.38. The Hall–Kier alpha value is -3.19. The zero-order valence-electron chi connectivity index (χ0n) is 12.2. The molecule has 24 heavy (non-hydrogen) atoms. The molecular weight excluding hydrogens is 332 g/mol. The molecule has 0 atom stereocenters. The van der Waals surface area contributed by atoms with Gasteiger partial charge in [0.05, 0.1) is 4.92 Å². The van der Waals surface area contributed by atoms with Gasteiger partial charge in [0.25, 0.3) is 0 Å². The molecule has 0 amide bonds. The van der Waals surface area contributed by atoms with Crippen LogP contribution in [0.4, 0.5) is 17.2 Å². The maximum atomic E-state index is 11.0. The molecule has 1 N–H and O–H groups in total. The van der Waals surface area contributed by atoms with E-state index in [9.17, 15) is 10.1 Å². The van der Waals surface area contributed by atoms with Crippen LogP contribution in [0.15, 0.2) is 60.8 Å². The highest BCUT2D eigenvalue weighted by molar-refractivity contribution is 6.28. The molecule has 3 aromatic rings. The van der Waals surface area contributed by atoms with Crippen LogP contribution in [0.2, 0.25) is 5.28 Å². The van der Waals surface area contributed by atoms with Gasteiger partial charge in [-0.05, 0) is 48.0 Å². The molecule has 0 saturated heterocycles. The van der Waals surface area contributed by atoms with E-state index in [-0.39, 0.29) is 16.8 Å². The third kappa shape index (κ3) is 3.76. The summed E-state index contributed by atoms with van der Waals surface area (Å²) in [4.78, 5) is 17.9. The third-order valence-corrected chi connectivity index (χ3v) is 3.21. The molecule has 0 aliphatic carbocycles. The molecule has 3 rings (SSSR count). The van der Waals surface area contributed by atoms with Gasteiger partial charge in [-0.25, -0.2) is 4.98 Å². The lowest BCUT2D eigenvalue weighted by Gasteiger charge is -2.08. The van der Waals surface area contributed by atoms with Crippen LogP contribution in [0.5, 0.6) is 11.5 Å². The number of aromatic nitrogens is 2. The number of ether oxygens (including phenoxy) is 1. The van der Waals surface area contributed by atoms with Crippen LogP contribution in [-0.4, -0.2) is 14.9 Å². The summed E-state index contributed by atoms with van der Waals surface area (Å²) in [5.41, 5.74) is 0.345. The molecule has 0 bridgehead atoms. The summed E-state index contributed by atoms with van der Waals surface area (Å²) >= 11 is 5.70. The Morgan fingerprint density at radius 2 is 1.71 bits per heavy atom. The van der Waals surface area contributed by atoms with E-state index in [0.29, 0.717) is 11.4 Å².